The maximum absolute atomic E-state index is 10.2. The minimum absolute atomic E-state index is 0.112. The van der Waals surface area contributed by atoms with Gasteiger partial charge in [0.15, 0.2) is 0 Å². The number of epoxide rings is 1. The van der Waals surface area contributed by atoms with Crippen molar-refractivity contribution in [3.05, 3.63) is 53.6 Å². The molecule has 5 nitrogen and oxygen atoms in total. The first-order valence-corrected chi connectivity index (χ1v) is 9.86. The van der Waals surface area contributed by atoms with E-state index in [-0.39, 0.29) is 23.7 Å². The van der Waals surface area contributed by atoms with Gasteiger partial charge in [-0.1, -0.05) is 11.6 Å². The van der Waals surface area contributed by atoms with Crippen molar-refractivity contribution in [2.45, 2.75) is 45.3 Å². The van der Waals surface area contributed by atoms with Crippen LogP contribution in [0.2, 0.25) is 0 Å². The Labute approximate surface area is 170 Å². The van der Waals surface area contributed by atoms with Crippen molar-refractivity contribution >= 4 is 11.0 Å². The van der Waals surface area contributed by atoms with Gasteiger partial charge in [-0.05, 0) is 51.0 Å². The first-order valence-electron chi connectivity index (χ1n) is 9.86. The van der Waals surface area contributed by atoms with Crippen LogP contribution in [-0.2, 0) is 11.2 Å². The Bertz CT molecular complexity index is 1060. The summed E-state index contributed by atoms with van der Waals surface area (Å²) in [6, 6.07) is 10.2. The van der Waals surface area contributed by atoms with Gasteiger partial charge < -0.3 is 24.1 Å². The maximum atomic E-state index is 10.2. The van der Waals surface area contributed by atoms with Gasteiger partial charge in [-0.15, -0.1) is 0 Å². The summed E-state index contributed by atoms with van der Waals surface area (Å²) in [5, 5.41) is 20.8. The van der Waals surface area contributed by atoms with E-state index in [1.807, 2.05) is 6.07 Å². The van der Waals surface area contributed by atoms with Gasteiger partial charge in [-0.25, -0.2) is 0 Å². The molecule has 3 aromatic rings. The van der Waals surface area contributed by atoms with Gasteiger partial charge in [0.2, 0.25) is 0 Å². The van der Waals surface area contributed by atoms with Gasteiger partial charge in [0.05, 0.1) is 19.3 Å². The van der Waals surface area contributed by atoms with E-state index in [4.69, 9.17) is 13.9 Å². The van der Waals surface area contributed by atoms with Crippen molar-refractivity contribution in [3.8, 4) is 28.6 Å². The molecular formula is C24H26O5. The molecule has 1 fully saturated rings. The Morgan fingerprint density at radius 1 is 1.07 bits per heavy atom. The molecule has 0 bridgehead atoms. The lowest BCUT2D eigenvalue weighted by Gasteiger charge is -2.13. The Morgan fingerprint density at radius 2 is 1.90 bits per heavy atom. The van der Waals surface area contributed by atoms with E-state index < -0.39 is 0 Å². The highest BCUT2D eigenvalue weighted by molar-refractivity contribution is 5.85. The first kappa shape index (κ1) is 19.4. The van der Waals surface area contributed by atoms with Crippen LogP contribution in [0.15, 0.2) is 52.5 Å². The minimum atomic E-state index is 0.112. The lowest BCUT2D eigenvalue weighted by Crippen LogP contribution is -2.03. The number of phenols is 2. The smallest absolute Gasteiger partial charge is 0.138 e. The summed E-state index contributed by atoms with van der Waals surface area (Å²) in [5.41, 5.74) is 3.63. The molecule has 1 aliphatic heterocycles. The van der Waals surface area contributed by atoms with E-state index in [0.29, 0.717) is 23.5 Å². The predicted molar refractivity (Wildman–Crippen MR) is 113 cm³/mol. The van der Waals surface area contributed by atoms with Crippen molar-refractivity contribution in [3.63, 3.8) is 0 Å². The summed E-state index contributed by atoms with van der Waals surface area (Å²) in [6.07, 6.45) is 5.29. The van der Waals surface area contributed by atoms with Crippen LogP contribution in [0.25, 0.3) is 22.3 Å². The zero-order valence-electron chi connectivity index (χ0n) is 16.9. The minimum Gasteiger partial charge on any atom is -0.508 e. The van der Waals surface area contributed by atoms with Crippen LogP contribution in [0.4, 0.5) is 0 Å². The monoisotopic (exact) mass is 394 g/mol. The molecule has 0 radical (unpaired) electrons. The average Bonchev–Trinajstić information content (AvgIpc) is 3.27. The Balaban J connectivity index is 1.64. The van der Waals surface area contributed by atoms with Gasteiger partial charge in [0, 0.05) is 35.1 Å². The molecule has 29 heavy (non-hydrogen) atoms. The van der Waals surface area contributed by atoms with Crippen molar-refractivity contribution in [1.29, 1.82) is 0 Å². The van der Waals surface area contributed by atoms with Crippen LogP contribution in [0.3, 0.4) is 0 Å². The van der Waals surface area contributed by atoms with Crippen molar-refractivity contribution in [1.82, 2.24) is 0 Å². The van der Waals surface area contributed by atoms with Crippen LogP contribution < -0.4 is 4.74 Å². The van der Waals surface area contributed by atoms with Crippen LogP contribution in [-0.4, -0.2) is 29.5 Å². The molecule has 2 N–H and O–H groups in total. The lowest BCUT2D eigenvalue weighted by atomic mass is 9.97. The fourth-order valence-corrected chi connectivity index (χ4v) is 3.75. The molecule has 0 unspecified atom stereocenters. The molecule has 152 valence electrons. The first-order chi connectivity index (χ1) is 13.9. The molecule has 5 heteroatoms. The fraction of sp³-hybridized carbons (Fsp3) is 0.333. The Morgan fingerprint density at radius 3 is 2.66 bits per heavy atom. The molecule has 0 aliphatic carbocycles. The van der Waals surface area contributed by atoms with E-state index in [0.717, 1.165) is 29.4 Å². The number of rotatable bonds is 7. The second-order valence-corrected chi connectivity index (χ2v) is 7.78. The third-order valence-electron chi connectivity index (χ3n) is 5.28. The zero-order valence-corrected chi connectivity index (χ0v) is 16.9. The van der Waals surface area contributed by atoms with Crippen molar-refractivity contribution in [2.75, 3.05) is 7.11 Å². The highest BCUT2D eigenvalue weighted by Gasteiger charge is 2.39. The molecule has 1 aromatic heterocycles. The van der Waals surface area contributed by atoms with Gasteiger partial charge in [-0.2, -0.15) is 0 Å². The second kappa shape index (κ2) is 7.84. The number of allylic oxidation sites excluding steroid dienone is 2. The summed E-state index contributed by atoms with van der Waals surface area (Å²) in [7, 11) is 1.60. The molecule has 4 rings (SSSR count). The number of benzene rings is 2. The number of aromatic hydroxyl groups is 2. The van der Waals surface area contributed by atoms with E-state index in [1.165, 1.54) is 5.57 Å². The molecule has 0 saturated carbocycles. The standard InChI is InChI=1S/C24H26O5/c1-14(2)5-4-6-20-24(28-20)13-19-18(10-17(26)12-22(19)27-3)23-9-15-7-8-16(25)11-21(15)29-23/h5,7-12,20,24-26H,4,6,13H2,1-3H3/t20-,24-/m0/s1. The maximum Gasteiger partial charge on any atom is 0.138 e. The van der Waals surface area contributed by atoms with E-state index in [2.05, 4.69) is 19.9 Å². The molecule has 0 amide bonds. The molecular weight excluding hydrogens is 368 g/mol. The molecule has 0 spiro atoms. The lowest BCUT2D eigenvalue weighted by molar-refractivity contribution is 0.358. The third-order valence-corrected chi connectivity index (χ3v) is 5.28. The second-order valence-electron chi connectivity index (χ2n) is 7.78. The average molecular weight is 394 g/mol. The van der Waals surface area contributed by atoms with E-state index >= 15 is 0 Å². The number of fused-ring (bicyclic) bond motifs is 1. The molecule has 2 aromatic carbocycles. The molecule has 1 aliphatic rings. The summed E-state index contributed by atoms with van der Waals surface area (Å²) >= 11 is 0. The molecule has 1 saturated heterocycles. The van der Waals surface area contributed by atoms with Crippen molar-refractivity contribution < 1.29 is 24.1 Å². The summed E-state index contributed by atoms with van der Waals surface area (Å²) in [4.78, 5) is 0. The summed E-state index contributed by atoms with van der Waals surface area (Å²) < 4.78 is 17.4. The number of methoxy groups -OCH3 is 1. The quantitative estimate of drug-likeness (QED) is 0.404. The zero-order chi connectivity index (χ0) is 20.5. The SMILES string of the molecule is COc1cc(O)cc(-c2cc3ccc(O)cc3o2)c1C[C@@H]1O[C@H]1CCC=C(C)C. The predicted octanol–water partition coefficient (Wildman–Crippen LogP) is 5.58. The van der Waals surface area contributed by atoms with Gasteiger partial charge in [0.1, 0.15) is 28.6 Å². The summed E-state index contributed by atoms with van der Waals surface area (Å²) in [6.45, 7) is 4.21. The van der Waals surface area contributed by atoms with Crippen LogP contribution in [0, 0.1) is 0 Å². The topological polar surface area (TPSA) is 75.4 Å². The largest absolute Gasteiger partial charge is 0.508 e. The van der Waals surface area contributed by atoms with E-state index in [1.54, 1.807) is 37.4 Å². The highest BCUT2D eigenvalue weighted by atomic mass is 16.6. The number of phenolic OH excluding ortho intramolecular Hbond substituents is 2. The highest BCUT2D eigenvalue weighted by Crippen LogP contribution is 2.41. The number of hydrogen-bond donors (Lipinski definition) is 2. The fourth-order valence-electron chi connectivity index (χ4n) is 3.75. The number of ether oxygens (including phenoxy) is 2. The summed E-state index contributed by atoms with van der Waals surface area (Å²) in [5.74, 6) is 1.50. The Hall–Kier alpha value is -2.92. The van der Waals surface area contributed by atoms with Crippen molar-refractivity contribution in [2.24, 2.45) is 0 Å². The van der Waals surface area contributed by atoms with Gasteiger partial charge >= 0.3 is 0 Å². The van der Waals surface area contributed by atoms with Gasteiger partial charge in [-0.3, -0.25) is 0 Å². The van der Waals surface area contributed by atoms with Gasteiger partial charge in [0.25, 0.3) is 0 Å². The van der Waals surface area contributed by atoms with Crippen LogP contribution in [0.1, 0.15) is 32.3 Å². The normalized spacial score (nSPS) is 18.0. The van der Waals surface area contributed by atoms with E-state index in [9.17, 15) is 10.2 Å². The molecule has 2 heterocycles. The Kier molecular flexibility index (Phi) is 5.24. The molecule has 2 atom stereocenters. The number of hydrogen-bond acceptors (Lipinski definition) is 5. The number of furan rings is 1. The van der Waals surface area contributed by atoms with Crippen LogP contribution in [0.5, 0.6) is 17.2 Å². The van der Waals surface area contributed by atoms with Crippen LogP contribution >= 0.6 is 0 Å². The third kappa shape index (κ3) is 4.25.